The van der Waals surface area contributed by atoms with E-state index in [1.54, 1.807) is 7.05 Å². The summed E-state index contributed by atoms with van der Waals surface area (Å²) >= 11 is 0. The summed E-state index contributed by atoms with van der Waals surface area (Å²) in [4.78, 5) is 14.0. The number of ketones is 1. The van der Waals surface area contributed by atoms with Crippen molar-refractivity contribution in [3.05, 3.63) is 35.4 Å². The molecule has 94 valence electrons. The first kappa shape index (κ1) is 13.9. The van der Waals surface area contributed by atoms with Gasteiger partial charge in [0.2, 0.25) is 0 Å². The molecule has 1 rings (SSSR count). The van der Waals surface area contributed by atoms with Gasteiger partial charge >= 0.3 is 0 Å². The van der Waals surface area contributed by atoms with Gasteiger partial charge in [-0.3, -0.25) is 9.69 Å². The van der Waals surface area contributed by atoms with Gasteiger partial charge in [-0.2, -0.15) is 0 Å². The minimum Gasteiger partial charge on any atom is -0.313 e. The fourth-order valence-corrected chi connectivity index (χ4v) is 1.76. The highest BCUT2D eigenvalue weighted by Crippen LogP contribution is 2.08. The van der Waals surface area contributed by atoms with Crippen molar-refractivity contribution >= 4 is 5.78 Å². The quantitative estimate of drug-likeness (QED) is 0.732. The molecular formula is C14H22N2O. The first-order chi connectivity index (χ1) is 8.21. The molecule has 1 N–H and O–H groups in total. The standard InChI is InChI=1S/C14H22N2O/c1-4-16(5-2)11-12-6-8-13(9-7-12)14(17)10-15-3/h6-9,15H,4-5,10-11H2,1-3H3. The molecule has 3 heteroatoms. The predicted octanol–water partition coefficient (Wildman–Crippen LogP) is 1.93. The highest BCUT2D eigenvalue weighted by molar-refractivity contribution is 5.97. The summed E-state index contributed by atoms with van der Waals surface area (Å²) in [6.45, 7) is 7.78. The number of rotatable bonds is 7. The summed E-state index contributed by atoms with van der Waals surface area (Å²) in [5, 5.41) is 2.87. The Labute approximate surface area is 104 Å². The summed E-state index contributed by atoms with van der Waals surface area (Å²) in [5.41, 5.74) is 2.04. The van der Waals surface area contributed by atoms with E-state index in [4.69, 9.17) is 0 Å². The lowest BCUT2D eigenvalue weighted by Gasteiger charge is -2.17. The summed E-state index contributed by atoms with van der Waals surface area (Å²) in [7, 11) is 1.78. The van der Waals surface area contributed by atoms with Gasteiger partial charge in [-0.05, 0) is 25.7 Å². The Bertz CT molecular complexity index is 342. The van der Waals surface area contributed by atoms with E-state index in [1.165, 1.54) is 5.56 Å². The largest absolute Gasteiger partial charge is 0.313 e. The van der Waals surface area contributed by atoms with E-state index in [0.717, 1.165) is 25.2 Å². The monoisotopic (exact) mass is 234 g/mol. The molecule has 0 aromatic heterocycles. The zero-order valence-electron chi connectivity index (χ0n) is 11.0. The number of Topliss-reactive ketones (excluding diaryl/α,β-unsaturated/α-hetero) is 1. The van der Waals surface area contributed by atoms with Crippen LogP contribution in [0.25, 0.3) is 0 Å². The Kier molecular flexibility index (Phi) is 5.87. The molecular weight excluding hydrogens is 212 g/mol. The van der Waals surface area contributed by atoms with E-state index in [-0.39, 0.29) is 5.78 Å². The van der Waals surface area contributed by atoms with Crippen molar-refractivity contribution in [2.45, 2.75) is 20.4 Å². The molecule has 0 saturated carbocycles. The molecule has 0 aliphatic heterocycles. The van der Waals surface area contributed by atoms with E-state index >= 15 is 0 Å². The molecule has 0 amide bonds. The first-order valence-electron chi connectivity index (χ1n) is 6.20. The van der Waals surface area contributed by atoms with Crippen LogP contribution in [0.2, 0.25) is 0 Å². The maximum absolute atomic E-state index is 11.6. The number of benzene rings is 1. The van der Waals surface area contributed by atoms with Crippen LogP contribution in [-0.2, 0) is 6.54 Å². The molecule has 1 aromatic carbocycles. The second kappa shape index (κ2) is 7.20. The van der Waals surface area contributed by atoms with Crippen LogP contribution in [0.3, 0.4) is 0 Å². The average molecular weight is 234 g/mol. The van der Waals surface area contributed by atoms with Crippen LogP contribution in [0, 0.1) is 0 Å². The third-order valence-electron chi connectivity index (χ3n) is 2.91. The maximum Gasteiger partial charge on any atom is 0.176 e. The van der Waals surface area contributed by atoms with Gasteiger partial charge in [-0.25, -0.2) is 0 Å². The van der Waals surface area contributed by atoms with Crippen molar-refractivity contribution in [1.82, 2.24) is 10.2 Å². The van der Waals surface area contributed by atoms with Crippen LogP contribution in [0.1, 0.15) is 29.8 Å². The fraction of sp³-hybridized carbons (Fsp3) is 0.500. The molecule has 0 saturated heterocycles. The molecule has 0 unspecified atom stereocenters. The first-order valence-corrected chi connectivity index (χ1v) is 6.20. The zero-order valence-corrected chi connectivity index (χ0v) is 11.0. The van der Waals surface area contributed by atoms with Crippen LogP contribution in [-0.4, -0.2) is 37.4 Å². The number of nitrogens with zero attached hydrogens (tertiary/aromatic N) is 1. The summed E-state index contributed by atoms with van der Waals surface area (Å²) in [6, 6.07) is 7.92. The highest BCUT2D eigenvalue weighted by atomic mass is 16.1. The predicted molar refractivity (Wildman–Crippen MR) is 71.3 cm³/mol. The number of hydrogen-bond acceptors (Lipinski definition) is 3. The second-order valence-electron chi connectivity index (χ2n) is 4.11. The zero-order chi connectivity index (χ0) is 12.7. The molecule has 0 heterocycles. The van der Waals surface area contributed by atoms with Crippen LogP contribution < -0.4 is 5.32 Å². The molecule has 3 nitrogen and oxygen atoms in total. The van der Waals surface area contributed by atoms with Crippen LogP contribution >= 0.6 is 0 Å². The summed E-state index contributed by atoms with van der Waals surface area (Å²) in [6.07, 6.45) is 0. The van der Waals surface area contributed by atoms with E-state index in [1.807, 2.05) is 24.3 Å². The molecule has 1 aromatic rings. The lowest BCUT2D eigenvalue weighted by Crippen LogP contribution is -2.22. The summed E-state index contributed by atoms with van der Waals surface area (Å²) < 4.78 is 0. The Morgan fingerprint density at radius 2 is 1.76 bits per heavy atom. The Morgan fingerprint density at radius 3 is 2.24 bits per heavy atom. The Hall–Kier alpha value is -1.19. The van der Waals surface area contributed by atoms with Crippen LogP contribution in [0.15, 0.2) is 24.3 Å². The van der Waals surface area contributed by atoms with Gasteiger partial charge < -0.3 is 5.32 Å². The van der Waals surface area contributed by atoms with Crippen molar-refractivity contribution in [1.29, 1.82) is 0 Å². The van der Waals surface area contributed by atoms with Crippen molar-refractivity contribution in [3.8, 4) is 0 Å². The van der Waals surface area contributed by atoms with Gasteiger partial charge in [0.15, 0.2) is 5.78 Å². The summed E-state index contributed by atoms with van der Waals surface area (Å²) in [5.74, 6) is 0.141. The van der Waals surface area contributed by atoms with Gasteiger partial charge in [0.25, 0.3) is 0 Å². The lowest BCUT2D eigenvalue weighted by atomic mass is 10.1. The van der Waals surface area contributed by atoms with Crippen LogP contribution in [0.4, 0.5) is 0 Å². The normalized spacial score (nSPS) is 10.8. The molecule has 17 heavy (non-hydrogen) atoms. The molecule has 0 aliphatic rings. The Morgan fingerprint density at radius 1 is 1.18 bits per heavy atom. The van der Waals surface area contributed by atoms with Gasteiger partial charge in [0, 0.05) is 12.1 Å². The number of carbonyl (C=O) groups is 1. The minimum atomic E-state index is 0.141. The molecule has 0 atom stereocenters. The smallest absolute Gasteiger partial charge is 0.176 e. The molecule has 0 fully saturated rings. The SMILES string of the molecule is CCN(CC)Cc1ccc(C(=O)CNC)cc1. The topological polar surface area (TPSA) is 32.3 Å². The van der Waals surface area contributed by atoms with Crippen molar-refractivity contribution < 1.29 is 4.79 Å². The van der Waals surface area contributed by atoms with Gasteiger partial charge in [-0.15, -0.1) is 0 Å². The highest BCUT2D eigenvalue weighted by Gasteiger charge is 2.05. The number of nitrogens with one attached hydrogen (secondary N) is 1. The molecule has 0 radical (unpaired) electrons. The van der Waals surface area contributed by atoms with Crippen molar-refractivity contribution in [2.75, 3.05) is 26.7 Å². The minimum absolute atomic E-state index is 0.141. The van der Waals surface area contributed by atoms with E-state index < -0.39 is 0 Å². The van der Waals surface area contributed by atoms with E-state index in [2.05, 4.69) is 24.1 Å². The maximum atomic E-state index is 11.6. The number of hydrogen-bond donors (Lipinski definition) is 1. The number of likely N-dealkylation sites (N-methyl/N-ethyl adjacent to an activating group) is 1. The van der Waals surface area contributed by atoms with Crippen molar-refractivity contribution in [3.63, 3.8) is 0 Å². The van der Waals surface area contributed by atoms with Crippen molar-refractivity contribution in [2.24, 2.45) is 0 Å². The second-order valence-corrected chi connectivity index (χ2v) is 4.11. The van der Waals surface area contributed by atoms with E-state index in [0.29, 0.717) is 6.54 Å². The van der Waals surface area contributed by atoms with Gasteiger partial charge in [0.05, 0.1) is 6.54 Å². The van der Waals surface area contributed by atoms with Crippen LogP contribution in [0.5, 0.6) is 0 Å². The average Bonchev–Trinajstić information content (AvgIpc) is 2.37. The third-order valence-corrected chi connectivity index (χ3v) is 2.91. The molecule has 0 aliphatic carbocycles. The lowest BCUT2D eigenvalue weighted by molar-refractivity contribution is 0.0993. The van der Waals surface area contributed by atoms with Gasteiger partial charge in [-0.1, -0.05) is 38.1 Å². The Balaban J connectivity index is 2.64. The van der Waals surface area contributed by atoms with Gasteiger partial charge in [0.1, 0.15) is 0 Å². The number of carbonyl (C=O) groups excluding carboxylic acids is 1. The third kappa shape index (κ3) is 4.29. The van der Waals surface area contributed by atoms with E-state index in [9.17, 15) is 4.79 Å². The molecule has 0 spiro atoms. The fourth-order valence-electron chi connectivity index (χ4n) is 1.76. The molecule has 0 bridgehead atoms.